The van der Waals surface area contributed by atoms with Crippen LogP contribution in [0.3, 0.4) is 0 Å². The second kappa shape index (κ2) is 4.40. The van der Waals surface area contributed by atoms with Crippen molar-refractivity contribution in [2.24, 2.45) is 0 Å². The van der Waals surface area contributed by atoms with Gasteiger partial charge in [-0.1, -0.05) is 12.1 Å². The fourth-order valence-electron chi connectivity index (χ4n) is 0.898. The summed E-state index contributed by atoms with van der Waals surface area (Å²) in [5.74, 6) is -1.14. The van der Waals surface area contributed by atoms with E-state index in [9.17, 15) is 30.0 Å². The van der Waals surface area contributed by atoms with Gasteiger partial charge in [0.2, 0.25) is 0 Å². The van der Waals surface area contributed by atoms with Crippen molar-refractivity contribution in [1.29, 1.82) is 0 Å². The van der Waals surface area contributed by atoms with Crippen molar-refractivity contribution in [2.75, 3.05) is 0 Å². The predicted octanol–water partition coefficient (Wildman–Crippen LogP) is 1.16. The Morgan fingerprint density at radius 2 is 1.56 bits per heavy atom. The monoisotopic (exact) mass is 306 g/mol. The van der Waals surface area contributed by atoms with Gasteiger partial charge in [0.25, 0.3) is 10.1 Å². The molecule has 1 N–H and O–H groups in total. The maximum Gasteiger partial charge on any atom is 0.534 e. The molecule has 0 saturated carbocycles. The van der Waals surface area contributed by atoms with Gasteiger partial charge in [0.1, 0.15) is 4.90 Å². The number of alkyl halides is 3. The second-order valence-electron chi connectivity index (χ2n) is 2.90. The van der Waals surface area contributed by atoms with Gasteiger partial charge in [-0.3, -0.25) is 4.55 Å². The third-order valence-electron chi connectivity index (χ3n) is 1.61. The van der Waals surface area contributed by atoms with Crippen LogP contribution in [0.4, 0.5) is 13.2 Å². The Labute approximate surface area is 99.9 Å². The van der Waals surface area contributed by atoms with E-state index in [1.807, 2.05) is 0 Å². The van der Waals surface area contributed by atoms with E-state index in [0.717, 1.165) is 12.1 Å². The lowest BCUT2D eigenvalue weighted by Gasteiger charge is -2.11. The zero-order valence-corrected chi connectivity index (χ0v) is 9.88. The molecule has 0 unspecified atom stereocenters. The minimum atomic E-state index is -6.01. The minimum absolute atomic E-state index is 0.659. The van der Waals surface area contributed by atoms with Crippen LogP contribution < -0.4 is 4.18 Å². The number of para-hydroxylation sites is 1. The molecule has 1 aromatic rings. The van der Waals surface area contributed by atoms with E-state index < -0.39 is 36.4 Å². The molecular weight excluding hydrogens is 301 g/mol. The highest BCUT2D eigenvalue weighted by molar-refractivity contribution is 7.88. The Bertz CT molecular complexity index is 646. The van der Waals surface area contributed by atoms with Gasteiger partial charge in [-0.05, 0) is 12.1 Å². The molecule has 0 atom stereocenters. The Balaban J connectivity index is 3.31. The highest BCUT2D eigenvalue weighted by Gasteiger charge is 2.49. The molecule has 11 heteroatoms. The van der Waals surface area contributed by atoms with Crippen LogP contribution in [0.15, 0.2) is 29.2 Å². The Morgan fingerprint density at radius 3 is 2.00 bits per heavy atom. The smallest absolute Gasteiger partial charge is 0.375 e. The normalized spacial score (nSPS) is 13.3. The topological polar surface area (TPSA) is 97.7 Å². The fraction of sp³-hybridized carbons (Fsp3) is 0.143. The van der Waals surface area contributed by atoms with Crippen molar-refractivity contribution in [3.63, 3.8) is 0 Å². The Morgan fingerprint density at radius 1 is 1.06 bits per heavy atom. The van der Waals surface area contributed by atoms with E-state index >= 15 is 0 Å². The molecule has 18 heavy (non-hydrogen) atoms. The van der Waals surface area contributed by atoms with Crippen LogP contribution in [0.2, 0.25) is 0 Å². The Kier molecular flexibility index (Phi) is 3.60. The molecule has 0 aliphatic rings. The minimum Gasteiger partial charge on any atom is -0.375 e. The number of benzene rings is 1. The average molecular weight is 306 g/mol. The van der Waals surface area contributed by atoms with Gasteiger partial charge in [-0.25, -0.2) is 0 Å². The molecular formula is C7H5F3O6S2. The lowest BCUT2D eigenvalue weighted by molar-refractivity contribution is -0.0501. The summed E-state index contributed by atoms with van der Waals surface area (Å²) in [7, 11) is -10.9. The quantitative estimate of drug-likeness (QED) is 0.511. The van der Waals surface area contributed by atoms with Crippen molar-refractivity contribution < 1.29 is 38.7 Å². The number of halogens is 3. The molecule has 102 valence electrons. The van der Waals surface area contributed by atoms with Crippen LogP contribution in [0.1, 0.15) is 0 Å². The van der Waals surface area contributed by atoms with Gasteiger partial charge in [-0.2, -0.15) is 30.0 Å². The summed E-state index contributed by atoms with van der Waals surface area (Å²) >= 11 is 0. The molecule has 0 bridgehead atoms. The predicted molar refractivity (Wildman–Crippen MR) is 51.9 cm³/mol. The average Bonchev–Trinajstić information content (AvgIpc) is 2.14. The third-order valence-corrected chi connectivity index (χ3v) is 3.47. The van der Waals surface area contributed by atoms with E-state index in [-0.39, 0.29) is 0 Å². The van der Waals surface area contributed by atoms with Gasteiger partial charge >= 0.3 is 15.6 Å². The molecule has 0 aromatic heterocycles. The first-order chi connectivity index (χ1) is 7.95. The van der Waals surface area contributed by atoms with Crippen LogP contribution in [0, 0.1) is 0 Å². The first kappa shape index (κ1) is 14.7. The van der Waals surface area contributed by atoms with Crippen LogP contribution in [-0.2, 0) is 20.2 Å². The van der Waals surface area contributed by atoms with Crippen molar-refractivity contribution in [2.45, 2.75) is 10.4 Å². The summed E-state index contributed by atoms with van der Waals surface area (Å²) in [4.78, 5) is -1.09. The molecule has 1 aromatic carbocycles. The van der Waals surface area contributed by atoms with Crippen LogP contribution in [-0.4, -0.2) is 26.9 Å². The highest BCUT2D eigenvalue weighted by atomic mass is 32.2. The van der Waals surface area contributed by atoms with E-state index in [4.69, 9.17) is 4.55 Å². The lowest BCUT2D eigenvalue weighted by Crippen LogP contribution is -2.28. The molecule has 0 aliphatic heterocycles. The molecule has 0 heterocycles. The van der Waals surface area contributed by atoms with E-state index in [0.29, 0.717) is 12.1 Å². The summed E-state index contributed by atoms with van der Waals surface area (Å²) in [5, 5.41) is 0. The van der Waals surface area contributed by atoms with Gasteiger partial charge in [0.05, 0.1) is 0 Å². The number of rotatable bonds is 3. The lowest BCUT2D eigenvalue weighted by atomic mass is 10.3. The molecule has 0 amide bonds. The number of hydrogen-bond acceptors (Lipinski definition) is 5. The van der Waals surface area contributed by atoms with Crippen molar-refractivity contribution in [3.8, 4) is 5.75 Å². The largest absolute Gasteiger partial charge is 0.534 e. The van der Waals surface area contributed by atoms with Gasteiger partial charge < -0.3 is 4.18 Å². The van der Waals surface area contributed by atoms with Gasteiger partial charge in [0, 0.05) is 0 Å². The first-order valence-electron chi connectivity index (χ1n) is 4.02. The summed E-state index contributed by atoms with van der Waals surface area (Å²) < 4.78 is 91.3. The molecule has 0 spiro atoms. The summed E-state index contributed by atoms with van der Waals surface area (Å²) in [6, 6.07) is 3.45. The third kappa shape index (κ3) is 3.11. The maximum atomic E-state index is 12.0. The molecule has 6 nitrogen and oxygen atoms in total. The molecule has 1 rings (SSSR count). The van der Waals surface area contributed by atoms with Crippen LogP contribution in [0.25, 0.3) is 0 Å². The summed E-state index contributed by atoms with van der Waals surface area (Å²) in [5.41, 5.74) is -5.71. The zero-order valence-electron chi connectivity index (χ0n) is 8.25. The van der Waals surface area contributed by atoms with E-state index in [1.165, 1.54) is 0 Å². The summed E-state index contributed by atoms with van der Waals surface area (Å²) in [6.45, 7) is 0. The van der Waals surface area contributed by atoms with E-state index in [1.54, 1.807) is 0 Å². The van der Waals surface area contributed by atoms with Crippen molar-refractivity contribution in [3.05, 3.63) is 24.3 Å². The standard InChI is InChI=1S/C7H5F3O6S2/c8-7(9,10)18(14,15)16-5-3-1-2-4-6(5)17(11,12)13/h1-4H,(H,11,12,13). The second-order valence-corrected chi connectivity index (χ2v) is 5.83. The van der Waals surface area contributed by atoms with Crippen molar-refractivity contribution in [1.82, 2.24) is 0 Å². The molecule has 0 saturated heterocycles. The maximum absolute atomic E-state index is 12.0. The fourth-order valence-corrected chi connectivity index (χ4v) is 2.04. The van der Waals surface area contributed by atoms with E-state index in [2.05, 4.69) is 4.18 Å². The van der Waals surface area contributed by atoms with Gasteiger partial charge in [0.15, 0.2) is 5.75 Å². The van der Waals surface area contributed by atoms with Crippen molar-refractivity contribution >= 4 is 20.2 Å². The zero-order chi connectivity index (χ0) is 14.2. The first-order valence-corrected chi connectivity index (χ1v) is 6.87. The summed E-state index contributed by atoms with van der Waals surface area (Å²) in [6.07, 6.45) is 0. The number of hydrogen-bond donors (Lipinski definition) is 1. The van der Waals surface area contributed by atoms with Crippen LogP contribution >= 0.6 is 0 Å². The highest BCUT2D eigenvalue weighted by Crippen LogP contribution is 2.30. The SMILES string of the molecule is O=S(=O)(O)c1ccccc1OS(=O)(=O)C(F)(F)F. The van der Waals surface area contributed by atoms with Gasteiger partial charge in [-0.15, -0.1) is 0 Å². The molecule has 0 radical (unpaired) electrons. The van der Waals surface area contributed by atoms with Crippen LogP contribution in [0.5, 0.6) is 5.75 Å². The molecule has 0 fully saturated rings. The molecule has 0 aliphatic carbocycles. The Hall–Kier alpha value is -1.33.